The first-order chi connectivity index (χ1) is 11.9. The van der Waals surface area contributed by atoms with Gasteiger partial charge in [0.2, 0.25) is 0 Å². The second-order valence-corrected chi connectivity index (χ2v) is 8.30. The predicted octanol–water partition coefficient (Wildman–Crippen LogP) is 4.61. The van der Waals surface area contributed by atoms with Crippen LogP contribution in [0.1, 0.15) is 48.5 Å². The zero-order chi connectivity index (χ0) is 17.6. The number of carbonyl (C=O) groups excluding carboxylic acids is 1. The molecule has 0 spiro atoms. The van der Waals surface area contributed by atoms with Gasteiger partial charge in [0.25, 0.3) is 0 Å². The summed E-state index contributed by atoms with van der Waals surface area (Å²) in [6, 6.07) is 0. The minimum atomic E-state index is -0.0394. The molecule has 0 radical (unpaired) electrons. The molecule has 0 fully saturated rings. The minimum Gasteiger partial charge on any atom is -0.508 e. The topological polar surface area (TPSA) is 62.7 Å². The number of aliphatic hydroxyl groups is 1. The number of thiazole rings is 1. The Bertz CT molecular complexity index is 858. The van der Waals surface area contributed by atoms with Gasteiger partial charge in [0, 0.05) is 18.2 Å². The lowest BCUT2D eigenvalue weighted by atomic mass is 9.78. The molecule has 130 valence electrons. The van der Waals surface area contributed by atoms with Crippen molar-refractivity contribution in [1.82, 2.24) is 4.98 Å². The molecule has 1 aromatic heterocycles. The highest BCUT2D eigenvalue weighted by Crippen LogP contribution is 2.40. The van der Waals surface area contributed by atoms with Gasteiger partial charge >= 0.3 is 0 Å². The summed E-state index contributed by atoms with van der Waals surface area (Å²) in [6.45, 7) is 4.21. The molecule has 1 aliphatic heterocycles. The number of hydrogen-bond donors (Lipinski definition) is 1. The maximum absolute atomic E-state index is 12.4. The van der Waals surface area contributed by atoms with Crippen molar-refractivity contribution in [3.05, 3.63) is 58.5 Å². The van der Waals surface area contributed by atoms with E-state index in [0.717, 1.165) is 40.5 Å². The van der Waals surface area contributed by atoms with Crippen LogP contribution in [0, 0.1) is 5.41 Å². The summed E-state index contributed by atoms with van der Waals surface area (Å²) >= 11 is 1.42. The van der Waals surface area contributed by atoms with E-state index in [1.807, 2.05) is 17.2 Å². The summed E-state index contributed by atoms with van der Waals surface area (Å²) in [5.41, 5.74) is 1.64. The molecule has 0 aromatic carbocycles. The van der Waals surface area contributed by atoms with Crippen LogP contribution in [-0.4, -0.2) is 15.9 Å². The van der Waals surface area contributed by atoms with Crippen LogP contribution < -0.4 is 4.90 Å². The Hall–Kier alpha value is -2.34. The van der Waals surface area contributed by atoms with E-state index in [4.69, 9.17) is 9.72 Å². The Morgan fingerprint density at radius 1 is 1.36 bits per heavy atom. The molecule has 0 unspecified atom stereocenters. The summed E-state index contributed by atoms with van der Waals surface area (Å²) in [7, 11) is 0. The maximum Gasteiger partial charge on any atom is 0.194 e. The second-order valence-electron chi connectivity index (χ2n) is 7.32. The summed E-state index contributed by atoms with van der Waals surface area (Å²) < 4.78 is 5.59. The Kier molecular flexibility index (Phi) is 3.80. The molecule has 2 aliphatic carbocycles. The van der Waals surface area contributed by atoms with Crippen molar-refractivity contribution in [1.29, 1.82) is 0 Å². The van der Waals surface area contributed by atoms with E-state index in [9.17, 15) is 9.90 Å². The molecule has 0 atom stereocenters. The van der Waals surface area contributed by atoms with E-state index in [2.05, 4.69) is 13.8 Å². The first kappa shape index (κ1) is 16.1. The Morgan fingerprint density at radius 3 is 3.00 bits per heavy atom. The van der Waals surface area contributed by atoms with Crippen LogP contribution in [0.3, 0.4) is 0 Å². The zero-order valence-electron chi connectivity index (χ0n) is 14.3. The summed E-state index contributed by atoms with van der Waals surface area (Å²) in [6.07, 6.45) is 11.8. The van der Waals surface area contributed by atoms with Crippen molar-refractivity contribution in [2.45, 2.75) is 39.5 Å². The first-order valence-electron chi connectivity index (χ1n) is 8.38. The molecule has 5 nitrogen and oxygen atoms in total. The Balaban J connectivity index is 1.67. The van der Waals surface area contributed by atoms with Crippen LogP contribution in [0.15, 0.2) is 47.9 Å². The average molecular weight is 356 g/mol. The number of hydrogen-bond acceptors (Lipinski definition) is 6. The number of rotatable bonds is 2. The van der Waals surface area contributed by atoms with Gasteiger partial charge in [-0.3, -0.25) is 9.69 Å². The van der Waals surface area contributed by atoms with Crippen LogP contribution in [-0.2, 0) is 11.2 Å². The first-order valence-corrected chi connectivity index (χ1v) is 9.20. The average Bonchev–Trinajstić information content (AvgIpc) is 2.98. The Morgan fingerprint density at radius 2 is 2.20 bits per heavy atom. The van der Waals surface area contributed by atoms with E-state index in [-0.39, 0.29) is 17.0 Å². The number of Topliss-reactive ketones (excluding diaryl/α,β-unsaturated/α-hetero) is 1. The number of aromatic nitrogens is 1. The Labute approximate surface area is 150 Å². The van der Waals surface area contributed by atoms with Crippen LogP contribution in [0.25, 0.3) is 0 Å². The highest BCUT2D eigenvalue weighted by atomic mass is 32.1. The second kappa shape index (κ2) is 5.88. The third-order valence-electron chi connectivity index (χ3n) is 4.56. The lowest BCUT2D eigenvalue weighted by molar-refractivity contribution is 0.0916. The lowest BCUT2D eigenvalue weighted by Gasteiger charge is -2.26. The molecule has 0 bridgehead atoms. The number of aliphatic hydroxyl groups excluding tert-OH is 1. The molecule has 6 heteroatoms. The number of carbonyl (C=O) groups is 1. The SMILES string of the molecule is CC1(C)CC(=O)c2sc(N3C=COC(C4=C(O)C=CCC4)=C3)nc2C1. The third kappa shape index (κ3) is 3.02. The lowest BCUT2D eigenvalue weighted by Crippen LogP contribution is -2.26. The minimum absolute atomic E-state index is 0.0394. The largest absolute Gasteiger partial charge is 0.508 e. The van der Waals surface area contributed by atoms with Crippen LogP contribution in [0.5, 0.6) is 0 Å². The number of ether oxygens (including phenoxy) is 1. The van der Waals surface area contributed by atoms with Crippen molar-refractivity contribution in [2.75, 3.05) is 4.90 Å². The van der Waals surface area contributed by atoms with Crippen LogP contribution in [0.2, 0.25) is 0 Å². The molecule has 1 N–H and O–H groups in total. The summed E-state index contributed by atoms with van der Waals surface area (Å²) in [5.74, 6) is 1.03. The smallest absolute Gasteiger partial charge is 0.194 e. The standard InChI is InChI=1S/C19H20N2O3S/c1-19(2)9-13-17(15(23)10-19)25-18(20-13)21-7-8-24-16(11-21)12-5-3-4-6-14(12)22/h4,6-8,11,22H,3,5,9-10H2,1-2H3. The van der Waals surface area contributed by atoms with Crippen molar-refractivity contribution >= 4 is 22.3 Å². The van der Waals surface area contributed by atoms with Gasteiger partial charge in [-0.25, -0.2) is 4.98 Å². The molecule has 4 rings (SSSR count). The van der Waals surface area contributed by atoms with Gasteiger partial charge in [0.1, 0.15) is 17.8 Å². The summed E-state index contributed by atoms with van der Waals surface area (Å²) in [4.78, 5) is 19.7. The van der Waals surface area contributed by atoms with Gasteiger partial charge in [-0.1, -0.05) is 31.3 Å². The monoisotopic (exact) mass is 356 g/mol. The fourth-order valence-corrected chi connectivity index (χ4v) is 4.33. The van der Waals surface area contributed by atoms with Gasteiger partial charge in [-0.05, 0) is 30.8 Å². The molecule has 25 heavy (non-hydrogen) atoms. The van der Waals surface area contributed by atoms with Gasteiger partial charge in [0.15, 0.2) is 10.9 Å². The van der Waals surface area contributed by atoms with Crippen LogP contribution >= 0.6 is 11.3 Å². The van der Waals surface area contributed by atoms with E-state index in [1.54, 1.807) is 18.5 Å². The molecule has 0 amide bonds. The molecule has 1 aromatic rings. The maximum atomic E-state index is 12.4. The molecule has 0 saturated heterocycles. The summed E-state index contributed by atoms with van der Waals surface area (Å²) in [5, 5.41) is 10.8. The van der Waals surface area contributed by atoms with Crippen molar-refractivity contribution < 1.29 is 14.6 Å². The van der Waals surface area contributed by atoms with E-state index in [1.165, 1.54) is 11.3 Å². The normalized spacial score (nSPS) is 21.9. The molecular formula is C19H20N2O3S. The number of ketones is 1. The van der Waals surface area contributed by atoms with Crippen molar-refractivity contribution in [3.63, 3.8) is 0 Å². The predicted molar refractivity (Wildman–Crippen MR) is 97.4 cm³/mol. The van der Waals surface area contributed by atoms with Gasteiger partial charge < -0.3 is 9.84 Å². The van der Waals surface area contributed by atoms with E-state index in [0.29, 0.717) is 12.2 Å². The van der Waals surface area contributed by atoms with Gasteiger partial charge in [-0.15, -0.1) is 0 Å². The van der Waals surface area contributed by atoms with E-state index < -0.39 is 0 Å². The fraction of sp³-hybridized carbons (Fsp3) is 0.368. The third-order valence-corrected chi connectivity index (χ3v) is 5.71. The molecular weight excluding hydrogens is 336 g/mol. The fourth-order valence-electron chi connectivity index (χ4n) is 3.36. The number of allylic oxidation sites excluding steroid dienone is 3. The molecule has 0 saturated carbocycles. The zero-order valence-corrected chi connectivity index (χ0v) is 15.1. The number of anilines is 1. The molecule has 2 heterocycles. The van der Waals surface area contributed by atoms with Crippen LogP contribution in [0.4, 0.5) is 5.13 Å². The van der Waals surface area contributed by atoms with Gasteiger partial charge in [0.05, 0.1) is 16.8 Å². The highest BCUT2D eigenvalue weighted by molar-refractivity contribution is 7.17. The number of fused-ring (bicyclic) bond motifs is 1. The van der Waals surface area contributed by atoms with Crippen molar-refractivity contribution in [2.24, 2.45) is 5.41 Å². The molecule has 3 aliphatic rings. The van der Waals surface area contributed by atoms with Crippen molar-refractivity contribution in [3.8, 4) is 0 Å². The highest BCUT2D eigenvalue weighted by Gasteiger charge is 2.34. The quantitative estimate of drug-likeness (QED) is 0.838. The number of nitrogens with zero attached hydrogens (tertiary/aromatic N) is 2. The van der Waals surface area contributed by atoms with E-state index >= 15 is 0 Å². The van der Waals surface area contributed by atoms with Gasteiger partial charge in [-0.2, -0.15) is 0 Å².